The van der Waals surface area contributed by atoms with Gasteiger partial charge in [-0.15, -0.1) is 0 Å². The number of nitriles is 1. The van der Waals surface area contributed by atoms with E-state index in [1.54, 1.807) is 18.3 Å². The van der Waals surface area contributed by atoms with E-state index in [-0.39, 0.29) is 11.9 Å². The molecule has 1 aromatic rings. The fourth-order valence-corrected chi connectivity index (χ4v) is 1.72. The van der Waals surface area contributed by atoms with Crippen molar-refractivity contribution < 1.29 is 9.53 Å². The van der Waals surface area contributed by atoms with E-state index in [1.165, 1.54) is 0 Å². The number of hydrogen-bond acceptors (Lipinski definition) is 5. The molecule has 0 bridgehead atoms. The number of aromatic nitrogens is 1. The van der Waals surface area contributed by atoms with Gasteiger partial charge in [0.05, 0.1) is 18.0 Å². The molecule has 1 heterocycles. The van der Waals surface area contributed by atoms with Crippen molar-refractivity contribution >= 4 is 11.8 Å². The molecule has 0 spiro atoms. The first-order valence-electron chi connectivity index (χ1n) is 6.07. The van der Waals surface area contributed by atoms with Gasteiger partial charge in [-0.1, -0.05) is 6.42 Å². The summed E-state index contributed by atoms with van der Waals surface area (Å²) in [5.74, 6) is 0.527. The number of carbonyl (C=O) groups excluding carboxylic acids is 1. The first-order chi connectivity index (χ1) is 8.81. The summed E-state index contributed by atoms with van der Waals surface area (Å²) < 4.78 is 5.13. The van der Waals surface area contributed by atoms with Crippen molar-refractivity contribution in [2.24, 2.45) is 5.92 Å². The molecule has 0 aromatic carbocycles. The summed E-state index contributed by atoms with van der Waals surface area (Å²) in [4.78, 5) is 15.5. The van der Waals surface area contributed by atoms with Crippen LogP contribution in [0.2, 0.25) is 0 Å². The van der Waals surface area contributed by atoms with Gasteiger partial charge in [-0.05, 0) is 25.0 Å². The summed E-state index contributed by atoms with van der Waals surface area (Å²) in [5, 5.41) is 11.8. The lowest BCUT2D eigenvalue weighted by atomic mass is 9.86. The van der Waals surface area contributed by atoms with Gasteiger partial charge in [-0.25, -0.2) is 4.98 Å². The Hall–Kier alpha value is -2.09. The molecule has 5 nitrogen and oxygen atoms in total. The monoisotopic (exact) mass is 245 g/mol. The summed E-state index contributed by atoms with van der Waals surface area (Å²) in [5.41, 5.74) is 0.489. The van der Waals surface area contributed by atoms with E-state index in [1.807, 2.05) is 6.07 Å². The van der Waals surface area contributed by atoms with Crippen molar-refractivity contribution in [2.45, 2.75) is 19.3 Å². The molecular formula is C13H15N3O2. The third kappa shape index (κ3) is 2.98. The molecule has 94 valence electrons. The number of nitrogens with zero attached hydrogens (tertiary/aromatic N) is 2. The minimum absolute atomic E-state index is 0.106. The van der Waals surface area contributed by atoms with Crippen LogP contribution in [0, 0.1) is 17.2 Å². The maximum absolute atomic E-state index is 11.4. The van der Waals surface area contributed by atoms with Crippen LogP contribution in [-0.4, -0.2) is 24.1 Å². The number of rotatable bonds is 5. The number of pyridine rings is 1. The zero-order valence-corrected chi connectivity index (χ0v) is 10.1. The minimum Gasteiger partial charge on any atom is -0.464 e. The Bertz CT molecular complexity index is 464. The fourth-order valence-electron chi connectivity index (χ4n) is 1.72. The first-order valence-corrected chi connectivity index (χ1v) is 6.07. The molecule has 1 saturated carbocycles. The van der Waals surface area contributed by atoms with E-state index in [4.69, 9.17) is 10.00 Å². The van der Waals surface area contributed by atoms with Gasteiger partial charge in [0, 0.05) is 6.20 Å². The molecule has 0 aliphatic heterocycles. The molecule has 0 radical (unpaired) electrons. The lowest BCUT2D eigenvalue weighted by Crippen LogP contribution is -2.26. The lowest BCUT2D eigenvalue weighted by Gasteiger charge is -2.23. The summed E-state index contributed by atoms with van der Waals surface area (Å²) in [6.45, 7) is 0.765. The maximum atomic E-state index is 11.4. The van der Waals surface area contributed by atoms with Crippen molar-refractivity contribution in [1.82, 2.24) is 4.98 Å². The highest BCUT2D eigenvalue weighted by Gasteiger charge is 2.26. The molecule has 1 aliphatic rings. The second kappa shape index (κ2) is 6.01. The topological polar surface area (TPSA) is 75.0 Å². The number of carbonyl (C=O) groups is 1. The summed E-state index contributed by atoms with van der Waals surface area (Å²) in [7, 11) is 0. The summed E-state index contributed by atoms with van der Waals surface area (Å²) >= 11 is 0. The van der Waals surface area contributed by atoms with Crippen LogP contribution in [0.3, 0.4) is 0 Å². The number of nitrogens with one attached hydrogen (secondary N) is 1. The third-order valence-corrected chi connectivity index (χ3v) is 3.01. The van der Waals surface area contributed by atoms with Crippen molar-refractivity contribution in [3.63, 3.8) is 0 Å². The van der Waals surface area contributed by atoms with Gasteiger partial charge in [0.2, 0.25) is 0 Å². The van der Waals surface area contributed by atoms with Crippen molar-refractivity contribution in [3.05, 3.63) is 23.9 Å². The standard InChI is InChI=1S/C13H15N3O2/c14-9-11-5-2-6-15-12(11)16-7-8-18-13(17)10-3-1-4-10/h2,5-6,10H,1,3-4,7-8H2,(H,15,16). The van der Waals surface area contributed by atoms with Crippen LogP contribution >= 0.6 is 0 Å². The van der Waals surface area contributed by atoms with Crippen molar-refractivity contribution in [1.29, 1.82) is 5.26 Å². The molecule has 2 rings (SSSR count). The molecular weight excluding hydrogens is 230 g/mol. The first kappa shape index (κ1) is 12.4. The molecule has 0 saturated heterocycles. The van der Waals surface area contributed by atoms with E-state index in [9.17, 15) is 4.79 Å². The Balaban J connectivity index is 1.72. The van der Waals surface area contributed by atoms with E-state index in [0.717, 1.165) is 19.3 Å². The number of esters is 1. The molecule has 0 unspecified atom stereocenters. The number of hydrogen-bond donors (Lipinski definition) is 1. The Morgan fingerprint density at radius 2 is 2.44 bits per heavy atom. The van der Waals surface area contributed by atoms with Crippen LogP contribution in [0.1, 0.15) is 24.8 Å². The van der Waals surface area contributed by atoms with Gasteiger partial charge in [0.1, 0.15) is 18.5 Å². The zero-order chi connectivity index (χ0) is 12.8. The Labute approximate surface area is 106 Å². The van der Waals surface area contributed by atoms with Crippen LogP contribution in [-0.2, 0) is 9.53 Å². The molecule has 0 amide bonds. The predicted octanol–water partition coefficient (Wildman–Crippen LogP) is 1.71. The smallest absolute Gasteiger partial charge is 0.308 e. The van der Waals surface area contributed by atoms with E-state index in [0.29, 0.717) is 24.5 Å². The highest BCUT2D eigenvalue weighted by molar-refractivity contribution is 5.73. The largest absolute Gasteiger partial charge is 0.464 e. The predicted molar refractivity (Wildman–Crippen MR) is 65.7 cm³/mol. The van der Waals surface area contributed by atoms with Gasteiger partial charge < -0.3 is 10.1 Å². The van der Waals surface area contributed by atoms with Gasteiger partial charge >= 0.3 is 5.97 Å². The van der Waals surface area contributed by atoms with Crippen molar-refractivity contribution in [3.8, 4) is 6.07 Å². The Kier molecular flexibility index (Phi) is 4.13. The average molecular weight is 245 g/mol. The summed E-state index contributed by atoms with van der Waals surface area (Å²) in [6, 6.07) is 5.45. The average Bonchev–Trinajstić information content (AvgIpc) is 2.33. The van der Waals surface area contributed by atoms with Gasteiger partial charge in [-0.3, -0.25) is 4.79 Å². The molecule has 0 atom stereocenters. The number of ether oxygens (including phenoxy) is 1. The van der Waals surface area contributed by atoms with E-state index in [2.05, 4.69) is 10.3 Å². The maximum Gasteiger partial charge on any atom is 0.308 e. The SMILES string of the molecule is N#Cc1cccnc1NCCOC(=O)C1CCC1. The highest BCUT2D eigenvalue weighted by Crippen LogP contribution is 2.27. The Morgan fingerprint density at radius 1 is 1.61 bits per heavy atom. The molecule has 5 heteroatoms. The van der Waals surface area contributed by atoms with E-state index >= 15 is 0 Å². The normalized spacial score (nSPS) is 14.4. The Morgan fingerprint density at radius 3 is 3.11 bits per heavy atom. The molecule has 1 aromatic heterocycles. The van der Waals surface area contributed by atoms with E-state index < -0.39 is 0 Å². The van der Waals surface area contributed by atoms with Crippen LogP contribution in [0.25, 0.3) is 0 Å². The van der Waals surface area contributed by atoms with Crippen LogP contribution in [0.5, 0.6) is 0 Å². The zero-order valence-electron chi connectivity index (χ0n) is 10.1. The third-order valence-electron chi connectivity index (χ3n) is 3.01. The van der Waals surface area contributed by atoms with Gasteiger partial charge in [0.25, 0.3) is 0 Å². The van der Waals surface area contributed by atoms with Crippen LogP contribution in [0.4, 0.5) is 5.82 Å². The van der Waals surface area contributed by atoms with Gasteiger partial charge in [0.15, 0.2) is 0 Å². The quantitative estimate of drug-likeness (QED) is 0.631. The minimum atomic E-state index is -0.107. The second-order valence-corrected chi connectivity index (χ2v) is 4.23. The highest BCUT2D eigenvalue weighted by atomic mass is 16.5. The molecule has 1 fully saturated rings. The summed E-state index contributed by atoms with van der Waals surface area (Å²) in [6.07, 6.45) is 4.64. The lowest BCUT2D eigenvalue weighted by molar-refractivity contribution is -0.150. The molecule has 1 N–H and O–H groups in total. The molecule has 1 aliphatic carbocycles. The number of anilines is 1. The molecule has 18 heavy (non-hydrogen) atoms. The van der Waals surface area contributed by atoms with Crippen molar-refractivity contribution in [2.75, 3.05) is 18.5 Å². The van der Waals surface area contributed by atoms with Crippen LogP contribution in [0.15, 0.2) is 18.3 Å². The second-order valence-electron chi connectivity index (χ2n) is 4.23. The van der Waals surface area contributed by atoms with Gasteiger partial charge in [-0.2, -0.15) is 5.26 Å². The van der Waals surface area contributed by atoms with Crippen LogP contribution < -0.4 is 5.32 Å². The fraction of sp³-hybridized carbons (Fsp3) is 0.462.